The van der Waals surface area contributed by atoms with Crippen molar-refractivity contribution in [3.8, 4) is 0 Å². The first kappa shape index (κ1) is 14.1. The third-order valence-electron chi connectivity index (χ3n) is 2.88. The predicted octanol–water partition coefficient (Wildman–Crippen LogP) is 3.54. The zero-order valence-electron chi connectivity index (χ0n) is 10.9. The first-order valence-corrected chi connectivity index (χ1v) is 8.52. The van der Waals surface area contributed by atoms with Gasteiger partial charge < -0.3 is 0 Å². The van der Waals surface area contributed by atoms with Crippen LogP contribution in [0, 0.1) is 0 Å². The highest BCUT2D eigenvalue weighted by molar-refractivity contribution is 8.01. The summed E-state index contributed by atoms with van der Waals surface area (Å²) in [5.74, 6) is 0.676. The van der Waals surface area contributed by atoms with Gasteiger partial charge in [-0.3, -0.25) is 4.18 Å². The Morgan fingerprint density at radius 3 is 2.72 bits per heavy atom. The summed E-state index contributed by atoms with van der Waals surface area (Å²) in [6.07, 6.45) is 2.80. The normalized spacial score (nSPS) is 28.5. The molecule has 1 saturated heterocycles. The fourth-order valence-corrected chi connectivity index (χ4v) is 4.99. The Morgan fingerprint density at radius 1 is 1.39 bits per heavy atom. The SMILES string of the molecule is CC(C)S[C@@]1(Cc2ccccc2)CCC[S@@](=O)O1. The third kappa shape index (κ3) is 3.84. The Bertz CT molecular complexity index is 406. The lowest BCUT2D eigenvalue weighted by atomic mass is 10.0. The monoisotopic (exact) mass is 284 g/mol. The van der Waals surface area contributed by atoms with E-state index >= 15 is 0 Å². The predicted molar refractivity (Wildman–Crippen MR) is 78.9 cm³/mol. The summed E-state index contributed by atoms with van der Waals surface area (Å²) in [4.78, 5) is -0.307. The maximum absolute atomic E-state index is 11.7. The van der Waals surface area contributed by atoms with Gasteiger partial charge in [-0.2, -0.15) is 0 Å². The molecule has 0 aliphatic carbocycles. The molecular formula is C14H20O2S2. The van der Waals surface area contributed by atoms with Crippen molar-refractivity contribution in [2.75, 3.05) is 5.75 Å². The summed E-state index contributed by atoms with van der Waals surface area (Å²) in [5, 5.41) is 0.476. The van der Waals surface area contributed by atoms with E-state index in [1.807, 2.05) is 18.2 Å². The molecule has 0 radical (unpaired) electrons. The lowest BCUT2D eigenvalue weighted by Gasteiger charge is -2.36. The smallest absolute Gasteiger partial charge is 0.156 e. The number of hydrogen-bond acceptors (Lipinski definition) is 3. The molecule has 2 rings (SSSR count). The molecule has 4 heteroatoms. The van der Waals surface area contributed by atoms with Gasteiger partial charge in [-0.15, -0.1) is 11.8 Å². The van der Waals surface area contributed by atoms with Crippen LogP contribution in [0.15, 0.2) is 30.3 Å². The highest BCUT2D eigenvalue weighted by Crippen LogP contribution is 2.41. The average molecular weight is 284 g/mol. The summed E-state index contributed by atoms with van der Waals surface area (Å²) < 4.78 is 17.5. The van der Waals surface area contributed by atoms with Gasteiger partial charge >= 0.3 is 0 Å². The Morgan fingerprint density at radius 2 is 2.11 bits per heavy atom. The number of hydrogen-bond donors (Lipinski definition) is 0. The Hall–Kier alpha value is -0.320. The lowest BCUT2D eigenvalue weighted by molar-refractivity contribution is 0.162. The minimum absolute atomic E-state index is 0.307. The Labute approximate surface area is 116 Å². The molecular weight excluding hydrogens is 264 g/mol. The molecule has 100 valence electrons. The number of thioether (sulfide) groups is 1. The van der Waals surface area contributed by atoms with Crippen LogP contribution < -0.4 is 0 Å². The van der Waals surface area contributed by atoms with Crippen molar-refractivity contribution in [3.05, 3.63) is 35.9 Å². The molecule has 0 amide bonds. The van der Waals surface area contributed by atoms with Crippen molar-refractivity contribution in [1.82, 2.24) is 0 Å². The lowest BCUT2D eigenvalue weighted by Crippen LogP contribution is -2.38. The van der Waals surface area contributed by atoms with E-state index in [4.69, 9.17) is 4.18 Å². The molecule has 0 unspecified atom stereocenters. The topological polar surface area (TPSA) is 26.3 Å². The molecule has 2 nitrogen and oxygen atoms in total. The van der Waals surface area contributed by atoms with Crippen LogP contribution in [0.5, 0.6) is 0 Å². The number of benzene rings is 1. The van der Waals surface area contributed by atoms with Crippen molar-refractivity contribution in [2.45, 2.75) is 43.3 Å². The zero-order chi connectivity index (χ0) is 13.0. The van der Waals surface area contributed by atoms with Crippen LogP contribution in [0.1, 0.15) is 32.3 Å². The zero-order valence-corrected chi connectivity index (χ0v) is 12.6. The maximum Gasteiger partial charge on any atom is 0.156 e. The van der Waals surface area contributed by atoms with Crippen LogP contribution in [0.2, 0.25) is 0 Å². The molecule has 0 saturated carbocycles. The summed E-state index contributed by atoms with van der Waals surface area (Å²) in [6.45, 7) is 4.33. The third-order valence-corrected chi connectivity index (χ3v) is 5.45. The van der Waals surface area contributed by atoms with Gasteiger partial charge in [-0.05, 0) is 18.4 Å². The second kappa shape index (κ2) is 6.22. The van der Waals surface area contributed by atoms with Crippen LogP contribution in [-0.2, 0) is 21.7 Å². The van der Waals surface area contributed by atoms with E-state index in [1.54, 1.807) is 11.8 Å². The average Bonchev–Trinajstić information content (AvgIpc) is 2.28. The van der Waals surface area contributed by atoms with E-state index in [9.17, 15) is 4.21 Å². The van der Waals surface area contributed by atoms with Crippen LogP contribution >= 0.6 is 11.8 Å². The van der Waals surface area contributed by atoms with Crippen LogP contribution in [-0.4, -0.2) is 20.1 Å². The molecule has 1 aromatic carbocycles. The van der Waals surface area contributed by atoms with Gasteiger partial charge in [0.25, 0.3) is 0 Å². The maximum atomic E-state index is 11.7. The minimum Gasteiger partial charge on any atom is -0.272 e. The molecule has 2 atom stereocenters. The van der Waals surface area contributed by atoms with E-state index in [-0.39, 0.29) is 4.93 Å². The highest BCUT2D eigenvalue weighted by atomic mass is 32.2. The molecule has 1 fully saturated rings. The van der Waals surface area contributed by atoms with Gasteiger partial charge in [-0.1, -0.05) is 44.2 Å². The molecule has 1 aliphatic rings. The Kier molecular flexibility index (Phi) is 4.87. The Balaban J connectivity index is 2.16. The van der Waals surface area contributed by atoms with Crippen LogP contribution in [0.3, 0.4) is 0 Å². The van der Waals surface area contributed by atoms with Gasteiger partial charge in [0, 0.05) is 17.4 Å². The van der Waals surface area contributed by atoms with E-state index in [0.29, 0.717) is 11.0 Å². The molecule has 0 aromatic heterocycles. The van der Waals surface area contributed by atoms with Gasteiger partial charge in [-0.25, -0.2) is 4.21 Å². The fourth-order valence-electron chi connectivity index (χ4n) is 2.29. The standard InChI is InChI=1S/C14H20O2S2/c1-12(2)17-14(9-6-10-18(15)16-14)11-13-7-4-3-5-8-13/h3-5,7-8,12H,6,9-11H2,1-2H3/t14-,18+/m1/s1. The second-order valence-electron chi connectivity index (χ2n) is 4.93. The summed E-state index contributed by atoms with van der Waals surface area (Å²) in [7, 11) is 0. The van der Waals surface area contributed by atoms with Gasteiger partial charge in [0.2, 0.25) is 0 Å². The van der Waals surface area contributed by atoms with Crippen molar-refractivity contribution >= 4 is 22.8 Å². The van der Waals surface area contributed by atoms with E-state index in [0.717, 1.165) is 19.3 Å². The molecule has 0 N–H and O–H groups in total. The first-order chi connectivity index (χ1) is 8.60. The molecule has 18 heavy (non-hydrogen) atoms. The quantitative estimate of drug-likeness (QED) is 0.846. The molecule has 0 bridgehead atoms. The minimum atomic E-state index is -1.12. The van der Waals surface area contributed by atoms with E-state index in [2.05, 4.69) is 26.0 Å². The largest absolute Gasteiger partial charge is 0.272 e. The van der Waals surface area contributed by atoms with Crippen molar-refractivity contribution in [1.29, 1.82) is 0 Å². The van der Waals surface area contributed by atoms with E-state index in [1.165, 1.54) is 5.56 Å². The molecule has 1 heterocycles. The first-order valence-electron chi connectivity index (χ1n) is 6.39. The summed E-state index contributed by atoms with van der Waals surface area (Å²) in [6, 6.07) is 10.3. The molecule has 0 spiro atoms. The van der Waals surface area contributed by atoms with Gasteiger partial charge in [0.05, 0.1) is 0 Å². The van der Waals surface area contributed by atoms with Crippen molar-refractivity contribution in [2.24, 2.45) is 0 Å². The number of rotatable bonds is 4. The summed E-state index contributed by atoms with van der Waals surface area (Å²) in [5.41, 5.74) is 1.25. The van der Waals surface area contributed by atoms with Gasteiger partial charge in [0.1, 0.15) is 4.93 Å². The van der Waals surface area contributed by atoms with E-state index < -0.39 is 11.1 Å². The fraction of sp³-hybridized carbons (Fsp3) is 0.571. The summed E-state index contributed by atoms with van der Waals surface area (Å²) >= 11 is 0.686. The van der Waals surface area contributed by atoms with Gasteiger partial charge in [0.15, 0.2) is 11.1 Å². The molecule has 1 aromatic rings. The highest BCUT2D eigenvalue weighted by Gasteiger charge is 2.38. The van der Waals surface area contributed by atoms with Crippen LogP contribution in [0.4, 0.5) is 0 Å². The second-order valence-corrected chi connectivity index (χ2v) is 8.04. The molecule has 1 aliphatic heterocycles. The van der Waals surface area contributed by atoms with Crippen molar-refractivity contribution < 1.29 is 8.39 Å². The van der Waals surface area contributed by atoms with Crippen LogP contribution in [0.25, 0.3) is 0 Å². The van der Waals surface area contributed by atoms with Crippen molar-refractivity contribution in [3.63, 3.8) is 0 Å².